The lowest BCUT2D eigenvalue weighted by Gasteiger charge is -2.29. The minimum absolute atomic E-state index is 0. The molecule has 0 radical (unpaired) electrons. The smallest absolute Gasteiger partial charge is 0.408 e. The fourth-order valence-corrected chi connectivity index (χ4v) is 2.40. The van der Waals surface area contributed by atoms with Crippen LogP contribution >= 0.6 is 35.3 Å². The van der Waals surface area contributed by atoms with Crippen molar-refractivity contribution >= 4 is 47.4 Å². The third-order valence-electron chi connectivity index (χ3n) is 2.80. The lowest BCUT2D eigenvalue weighted by atomic mass is 10.1. The second-order valence-corrected chi connectivity index (χ2v) is 7.70. The van der Waals surface area contributed by atoms with E-state index >= 15 is 0 Å². The highest BCUT2D eigenvalue weighted by Crippen LogP contribution is 2.09. The molecule has 1 heterocycles. The molecular weight excluding hydrogens is 439 g/mol. The molecule has 1 aromatic heterocycles. The monoisotopic (exact) mass is 468 g/mol. The van der Waals surface area contributed by atoms with Gasteiger partial charge in [-0.2, -0.15) is 11.3 Å². The predicted molar refractivity (Wildman–Crippen MR) is 111 cm³/mol. The number of nitrogens with zero attached hydrogens (tertiary/aromatic N) is 1. The number of aliphatic imine (C=N–C) groups is 1. The third kappa shape index (κ3) is 9.96. The number of nitrogens with one attached hydrogen (secondary N) is 3. The van der Waals surface area contributed by atoms with Gasteiger partial charge in [0.15, 0.2) is 5.96 Å². The third-order valence-corrected chi connectivity index (χ3v) is 3.53. The van der Waals surface area contributed by atoms with Gasteiger partial charge < -0.3 is 20.7 Å². The van der Waals surface area contributed by atoms with Gasteiger partial charge >= 0.3 is 6.09 Å². The number of amides is 1. The van der Waals surface area contributed by atoms with Gasteiger partial charge in [0.25, 0.3) is 0 Å². The van der Waals surface area contributed by atoms with Gasteiger partial charge in [0, 0.05) is 20.1 Å². The first-order chi connectivity index (χ1) is 10.6. The predicted octanol–water partition coefficient (Wildman–Crippen LogP) is 3.33. The molecule has 24 heavy (non-hydrogen) atoms. The molecule has 6 nitrogen and oxygen atoms in total. The van der Waals surface area contributed by atoms with Gasteiger partial charge in [0.05, 0.1) is 5.54 Å². The van der Waals surface area contributed by atoms with E-state index in [1.807, 2.05) is 40.0 Å². The zero-order chi connectivity index (χ0) is 17.5. The van der Waals surface area contributed by atoms with Crippen molar-refractivity contribution in [1.29, 1.82) is 0 Å². The standard InChI is InChI=1S/C16H28N4O2S.HI/c1-15(2,3)22-14(21)20-16(4,5)11-19-13(17-6)18-9-12-7-8-23-10-12;/h7-8,10H,9,11H2,1-6H3,(H,20,21)(H2,17,18,19);1H. The van der Waals surface area contributed by atoms with Crippen molar-refractivity contribution in [3.8, 4) is 0 Å². The van der Waals surface area contributed by atoms with E-state index < -0.39 is 17.2 Å². The molecule has 3 N–H and O–H groups in total. The van der Waals surface area contributed by atoms with Crippen LogP contribution in [0.2, 0.25) is 0 Å². The summed E-state index contributed by atoms with van der Waals surface area (Å²) in [6.07, 6.45) is -0.425. The summed E-state index contributed by atoms with van der Waals surface area (Å²) in [5, 5.41) is 13.4. The normalized spacial score (nSPS) is 12.2. The van der Waals surface area contributed by atoms with E-state index in [0.29, 0.717) is 19.0 Å². The van der Waals surface area contributed by atoms with E-state index in [2.05, 4.69) is 32.4 Å². The summed E-state index contributed by atoms with van der Waals surface area (Å²) < 4.78 is 5.28. The summed E-state index contributed by atoms with van der Waals surface area (Å²) in [7, 11) is 1.72. The first-order valence-corrected chi connectivity index (χ1v) is 8.52. The number of carbonyl (C=O) groups excluding carboxylic acids is 1. The van der Waals surface area contributed by atoms with E-state index in [1.165, 1.54) is 5.56 Å². The molecule has 0 saturated heterocycles. The van der Waals surface area contributed by atoms with Crippen molar-refractivity contribution in [2.45, 2.75) is 52.3 Å². The molecule has 0 fully saturated rings. The Kier molecular flexibility index (Phi) is 9.64. The molecule has 8 heteroatoms. The summed E-state index contributed by atoms with van der Waals surface area (Å²) in [5.74, 6) is 0.690. The highest BCUT2D eigenvalue weighted by atomic mass is 127. The molecule has 0 aliphatic carbocycles. The Bertz CT molecular complexity index is 525. The minimum Gasteiger partial charge on any atom is -0.444 e. The molecule has 0 atom stereocenters. The van der Waals surface area contributed by atoms with Crippen LogP contribution in [0.15, 0.2) is 21.8 Å². The number of carbonyl (C=O) groups is 1. The summed E-state index contributed by atoms with van der Waals surface area (Å²) in [6.45, 7) is 10.6. The van der Waals surface area contributed by atoms with E-state index in [-0.39, 0.29) is 24.0 Å². The lowest BCUT2D eigenvalue weighted by Crippen LogP contribution is -2.54. The highest BCUT2D eigenvalue weighted by molar-refractivity contribution is 14.0. The summed E-state index contributed by atoms with van der Waals surface area (Å²) >= 11 is 1.67. The summed E-state index contributed by atoms with van der Waals surface area (Å²) in [4.78, 5) is 16.0. The largest absolute Gasteiger partial charge is 0.444 e. The van der Waals surface area contributed by atoms with Crippen LogP contribution in [-0.2, 0) is 11.3 Å². The Morgan fingerprint density at radius 2 is 1.92 bits per heavy atom. The van der Waals surface area contributed by atoms with Crippen LogP contribution in [0.4, 0.5) is 4.79 Å². The second-order valence-electron chi connectivity index (χ2n) is 6.92. The Labute approximate surface area is 165 Å². The fraction of sp³-hybridized carbons (Fsp3) is 0.625. The average Bonchev–Trinajstić information content (AvgIpc) is 2.88. The topological polar surface area (TPSA) is 74.8 Å². The van der Waals surface area contributed by atoms with Crippen molar-refractivity contribution in [2.75, 3.05) is 13.6 Å². The van der Waals surface area contributed by atoms with E-state index in [9.17, 15) is 4.79 Å². The molecule has 1 rings (SSSR count). The zero-order valence-electron chi connectivity index (χ0n) is 15.2. The van der Waals surface area contributed by atoms with Crippen LogP contribution in [0.5, 0.6) is 0 Å². The maximum absolute atomic E-state index is 11.9. The number of ether oxygens (including phenoxy) is 1. The molecule has 1 aromatic rings. The number of hydrogen-bond acceptors (Lipinski definition) is 4. The van der Waals surface area contributed by atoms with Crippen LogP contribution in [-0.4, -0.2) is 36.8 Å². The van der Waals surface area contributed by atoms with E-state index in [0.717, 1.165) is 0 Å². The van der Waals surface area contributed by atoms with Crippen molar-refractivity contribution in [2.24, 2.45) is 4.99 Å². The first kappa shape index (κ1) is 23.0. The Morgan fingerprint density at radius 1 is 1.25 bits per heavy atom. The molecule has 0 aromatic carbocycles. The lowest BCUT2D eigenvalue weighted by molar-refractivity contribution is 0.0474. The maximum atomic E-state index is 11.9. The number of hydrogen-bond donors (Lipinski definition) is 3. The zero-order valence-corrected chi connectivity index (χ0v) is 18.4. The highest BCUT2D eigenvalue weighted by Gasteiger charge is 2.24. The van der Waals surface area contributed by atoms with Gasteiger partial charge in [-0.25, -0.2) is 4.79 Å². The maximum Gasteiger partial charge on any atom is 0.408 e. The van der Waals surface area contributed by atoms with Gasteiger partial charge in [-0.3, -0.25) is 4.99 Å². The Morgan fingerprint density at radius 3 is 2.42 bits per heavy atom. The Hall–Kier alpha value is -1.03. The van der Waals surface area contributed by atoms with E-state index in [1.54, 1.807) is 18.4 Å². The van der Waals surface area contributed by atoms with E-state index in [4.69, 9.17) is 4.74 Å². The van der Waals surface area contributed by atoms with Crippen molar-refractivity contribution < 1.29 is 9.53 Å². The molecule has 0 aliphatic heterocycles. The molecule has 0 unspecified atom stereocenters. The minimum atomic E-state index is -0.508. The van der Waals surface area contributed by atoms with Crippen LogP contribution < -0.4 is 16.0 Å². The van der Waals surface area contributed by atoms with Crippen molar-refractivity contribution in [1.82, 2.24) is 16.0 Å². The number of rotatable bonds is 5. The number of thiophene rings is 1. The molecule has 0 bridgehead atoms. The summed E-state index contributed by atoms with van der Waals surface area (Å²) in [6, 6.07) is 2.07. The second kappa shape index (κ2) is 10.1. The van der Waals surface area contributed by atoms with Crippen molar-refractivity contribution in [3.05, 3.63) is 22.4 Å². The van der Waals surface area contributed by atoms with Gasteiger partial charge in [0.1, 0.15) is 5.60 Å². The van der Waals surface area contributed by atoms with Gasteiger partial charge in [-0.1, -0.05) is 0 Å². The summed E-state index contributed by atoms with van der Waals surface area (Å²) in [5.41, 5.74) is 0.234. The Balaban J connectivity index is 0.00000529. The molecule has 1 amide bonds. The number of halogens is 1. The van der Waals surface area contributed by atoms with Crippen LogP contribution in [0.25, 0.3) is 0 Å². The molecule has 0 saturated carbocycles. The number of alkyl carbamates (subject to hydrolysis) is 1. The van der Waals surface area contributed by atoms with Gasteiger partial charge in [-0.05, 0) is 57.0 Å². The fourth-order valence-electron chi connectivity index (χ4n) is 1.73. The van der Waals surface area contributed by atoms with Gasteiger partial charge in [-0.15, -0.1) is 24.0 Å². The van der Waals surface area contributed by atoms with Gasteiger partial charge in [0.2, 0.25) is 0 Å². The van der Waals surface area contributed by atoms with Crippen LogP contribution in [0.1, 0.15) is 40.2 Å². The van der Waals surface area contributed by atoms with Crippen molar-refractivity contribution in [3.63, 3.8) is 0 Å². The number of guanidine groups is 1. The molecule has 0 spiro atoms. The quantitative estimate of drug-likeness (QED) is 0.352. The SMILES string of the molecule is CN=C(NCc1ccsc1)NCC(C)(C)NC(=O)OC(C)(C)C.I. The van der Waals surface area contributed by atoms with Crippen LogP contribution in [0, 0.1) is 0 Å². The molecular formula is C16H29IN4O2S. The average molecular weight is 468 g/mol. The van der Waals surface area contributed by atoms with Crippen LogP contribution in [0.3, 0.4) is 0 Å². The molecule has 138 valence electrons. The molecule has 0 aliphatic rings. The first-order valence-electron chi connectivity index (χ1n) is 7.58.